The molecule has 0 aliphatic heterocycles. The average Bonchev–Trinajstić information content (AvgIpc) is 2.73. The second-order valence-electron chi connectivity index (χ2n) is 3.47. The summed E-state index contributed by atoms with van der Waals surface area (Å²) in [4.78, 5) is 10.3. The van der Waals surface area contributed by atoms with E-state index in [-0.39, 0.29) is 0 Å². The summed E-state index contributed by atoms with van der Waals surface area (Å²) in [6, 6.07) is 12.3. The number of thiophene rings is 1. The highest BCUT2D eigenvalue weighted by molar-refractivity contribution is 7.21. The van der Waals surface area contributed by atoms with Gasteiger partial charge in [-0.25, -0.2) is 9.97 Å². The number of nitrogens with zero attached hydrogens (tertiary/aromatic N) is 2. The summed E-state index contributed by atoms with van der Waals surface area (Å²) in [5, 5.41) is 1.04. The molecule has 0 aliphatic carbocycles. The molecule has 0 atom stereocenters. The molecule has 0 aliphatic rings. The summed E-state index contributed by atoms with van der Waals surface area (Å²) < 4.78 is 0. The fourth-order valence-electron chi connectivity index (χ4n) is 1.59. The van der Waals surface area contributed by atoms with E-state index in [0.29, 0.717) is 5.95 Å². The molecule has 0 bridgehead atoms. The number of nitrogen functional groups attached to an aromatic ring is 1. The Morgan fingerprint density at radius 2 is 1.94 bits per heavy atom. The van der Waals surface area contributed by atoms with E-state index in [9.17, 15) is 0 Å². The van der Waals surface area contributed by atoms with Crippen molar-refractivity contribution in [3.63, 3.8) is 0 Å². The molecule has 2 aromatic heterocycles. The molecule has 1 aromatic carbocycles. The highest BCUT2D eigenvalue weighted by Crippen LogP contribution is 2.31. The third-order valence-electron chi connectivity index (χ3n) is 2.35. The largest absolute Gasteiger partial charge is 0.368 e. The second-order valence-corrected chi connectivity index (χ2v) is 4.50. The lowest BCUT2D eigenvalue weighted by molar-refractivity contribution is 1.25. The quantitative estimate of drug-likeness (QED) is 0.695. The van der Waals surface area contributed by atoms with Gasteiger partial charge in [-0.05, 0) is 11.6 Å². The first kappa shape index (κ1) is 9.30. The predicted molar refractivity (Wildman–Crippen MR) is 67.3 cm³/mol. The van der Waals surface area contributed by atoms with E-state index in [4.69, 9.17) is 5.73 Å². The van der Waals surface area contributed by atoms with Crippen LogP contribution in [0.3, 0.4) is 0 Å². The van der Waals surface area contributed by atoms with Crippen molar-refractivity contribution in [2.45, 2.75) is 0 Å². The van der Waals surface area contributed by atoms with Crippen molar-refractivity contribution in [1.82, 2.24) is 9.97 Å². The molecule has 4 heteroatoms. The smallest absolute Gasteiger partial charge is 0.221 e. The van der Waals surface area contributed by atoms with Crippen molar-refractivity contribution in [2.24, 2.45) is 0 Å². The number of benzene rings is 1. The minimum atomic E-state index is 0.328. The van der Waals surface area contributed by atoms with Crippen LogP contribution in [-0.2, 0) is 0 Å². The van der Waals surface area contributed by atoms with Crippen LogP contribution >= 0.6 is 11.3 Å². The fraction of sp³-hybridized carbons (Fsp3) is 0. The molecule has 0 fully saturated rings. The van der Waals surface area contributed by atoms with Gasteiger partial charge in [-0.1, -0.05) is 30.3 Å². The van der Waals surface area contributed by atoms with Crippen molar-refractivity contribution >= 4 is 27.5 Å². The Hall–Kier alpha value is -1.94. The Balaban J connectivity index is 2.19. The molecule has 0 saturated carbocycles. The lowest BCUT2D eigenvalue weighted by Crippen LogP contribution is -1.91. The lowest BCUT2D eigenvalue weighted by atomic mass is 10.2. The Bertz CT molecular complexity index is 631. The van der Waals surface area contributed by atoms with E-state index >= 15 is 0 Å². The van der Waals surface area contributed by atoms with Crippen LogP contribution in [0.25, 0.3) is 20.7 Å². The van der Waals surface area contributed by atoms with Crippen molar-refractivity contribution in [3.05, 3.63) is 42.6 Å². The van der Waals surface area contributed by atoms with Gasteiger partial charge in [0.15, 0.2) is 0 Å². The zero-order valence-electron chi connectivity index (χ0n) is 8.42. The van der Waals surface area contributed by atoms with Crippen LogP contribution in [0.1, 0.15) is 0 Å². The summed E-state index contributed by atoms with van der Waals surface area (Å²) in [6.45, 7) is 0. The highest BCUT2D eigenvalue weighted by Gasteiger charge is 2.05. The molecule has 0 saturated heterocycles. The normalized spacial score (nSPS) is 10.8. The fourth-order valence-corrected chi connectivity index (χ4v) is 2.61. The van der Waals surface area contributed by atoms with Crippen molar-refractivity contribution in [3.8, 4) is 10.4 Å². The number of nitrogens with two attached hydrogens (primary N) is 1. The Morgan fingerprint density at radius 3 is 2.75 bits per heavy atom. The molecular weight excluding hydrogens is 218 g/mol. The molecule has 0 unspecified atom stereocenters. The first-order valence-corrected chi connectivity index (χ1v) is 5.72. The third kappa shape index (κ3) is 1.53. The first-order valence-electron chi connectivity index (χ1n) is 4.90. The maximum atomic E-state index is 5.56. The van der Waals surface area contributed by atoms with Crippen LogP contribution < -0.4 is 5.73 Å². The number of rotatable bonds is 1. The van der Waals surface area contributed by atoms with Gasteiger partial charge in [-0.2, -0.15) is 0 Å². The summed E-state index contributed by atoms with van der Waals surface area (Å²) in [6.07, 6.45) is 1.76. The number of anilines is 1. The molecule has 0 radical (unpaired) electrons. The molecule has 3 rings (SSSR count). The van der Waals surface area contributed by atoms with E-state index < -0.39 is 0 Å². The average molecular weight is 227 g/mol. The van der Waals surface area contributed by atoms with E-state index in [1.54, 1.807) is 17.5 Å². The lowest BCUT2D eigenvalue weighted by Gasteiger charge is -1.93. The molecule has 16 heavy (non-hydrogen) atoms. The van der Waals surface area contributed by atoms with Crippen LogP contribution in [0.15, 0.2) is 42.6 Å². The standard InChI is InChI=1S/C12H9N3S/c13-12-14-7-9-6-10(16-11(9)15-12)8-4-2-1-3-5-8/h1-7H,(H2,13,14,15). The Morgan fingerprint density at radius 1 is 1.12 bits per heavy atom. The number of hydrogen-bond donors (Lipinski definition) is 1. The van der Waals surface area contributed by atoms with Crippen LogP contribution in [0.4, 0.5) is 5.95 Å². The molecule has 0 amide bonds. The van der Waals surface area contributed by atoms with Gasteiger partial charge in [0, 0.05) is 16.5 Å². The number of fused-ring (bicyclic) bond motifs is 1. The molecule has 0 spiro atoms. The number of hydrogen-bond acceptors (Lipinski definition) is 4. The van der Waals surface area contributed by atoms with E-state index in [2.05, 4.69) is 28.2 Å². The van der Waals surface area contributed by atoms with Crippen LogP contribution in [0, 0.1) is 0 Å². The number of aromatic nitrogens is 2. The Labute approximate surface area is 96.6 Å². The second kappa shape index (κ2) is 3.57. The summed E-state index contributed by atoms with van der Waals surface area (Å²) >= 11 is 1.63. The molecule has 78 valence electrons. The van der Waals surface area contributed by atoms with E-state index in [1.165, 1.54) is 10.4 Å². The molecular formula is C12H9N3S. The summed E-state index contributed by atoms with van der Waals surface area (Å²) in [5.41, 5.74) is 6.75. The monoisotopic (exact) mass is 227 g/mol. The van der Waals surface area contributed by atoms with Gasteiger partial charge in [-0.3, -0.25) is 0 Å². The third-order valence-corrected chi connectivity index (χ3v) is 3.44. The maximum absolute atomic E-state index is 5.56. The molecule has 2 N–H and O–H groups in total. The SMILES string of the molecule is Nc1ncc2cc(-c3ccccc3)sc2n1. The minimum absolute atomic E-state index is 0.328. The van der Waals surface area contributed by atoms with Gasteiger partial charge < -0.3 is 5.73 Å². The zero-order chi connectivity index (χ0) is 11.0. The van der Waals surface area contributed by atoms with Gasteiger partial charge >= 0.3 is 0 Å². The van der Waals surface area contributed by atoms with Crippen LogP contribution in [0.5, 0.6) is 0 Å². The van der Waals surface area contributed by atoms with Crippen LogP contribution in [0.2, 0.25) is 0 Å². The van der Waals surface area contributed by atoms with Crippen LogP contribution in [-0.4, -0.2) is 9.97 Å². The van der Waals surface area contributed by atoms with Crippen molar-refractivity contribution in [2.75, 3.05) is 5.73 Å². The maximum Gasteiger partial charge on any atom is 0.221 e. The van der Waals surface area contributed by atoms with Gasteiger partial charge in [0.2, 0.25) is 5.95 Å². The zero-order valence-corrected chi connectivity index (χ0v) is 9.24. The van der Waals surface area contributed by atoms with E-state index in [0.717, 1.165) is 10.2 Å². The molecule has 3 nitrogen and oxygen atoms in total. The van der Waals surface area contributed by atoms with E-state index in [1.807, 2.05) is 18.2 Å². The van der Waals surface area contributed by atoms with Crippen molar-refractivity contribution < 1.29 is 0 Å². The topological polar surface area (TPSA) is 51.8 Å². The van der Waals surface area contributed by atoms with Gasteiger partial charge in [0.25, 0.3) is 0 Å². The minimum Gasteiger partial charge on any atom is -0.368 e. The van der Waals surface area contributed by atoms with Gasteiger partial charge in [-0.15, -0.1) is 11.3 Å². The predicted octanol–water partition coefficient (Wildman–Crippen LogP) is 2.94. The van der Waals surface area contributed by atoms with Crippen molar-refractivity contribution in [1.29, 1.82) is 0 Å². The molecule has 2 heterocycles. The molecule has 3 aromatic rings. The Kier molecular flexibility index (Phi) is 2.08. The first-order chi connectivity index (χ1) is 7.83. The van der Waals surface area contributed by atoms with Gasteiger partial charge in [0.1, 0.15) is 4.83 Å². The highest BCUT2D eigenvalue weighted by atomic mass is 32.1. The summed E-state index contributed by atoms with van der Waals surface area (Å²) in [5.74, 6) is 0.328. The van der Waals surface area contributed by atoms with Gasteiger partial charge in [0.05, 0.1) is 0 Å². The summed E-state index contributed by atoms with van der Waals surface area (Å²) in [7, 11) is 0.